The number of phosphoric ester groups is 1. The molecule has 7 rings (SSSR count). The van der Waals surface area contributed by atoms with Crippen LogP contribution in [0, 0.1) is 0 Å². The van der Waals surface area contributed by atoms with Gasteiger partial charge in [-0.1, -0.05) is 18.2 Å². The number of alkyl carbamates (subject to hydrolysis) is 1. The molecule has 1 saturated heterocycles. The van der Waals surface area contributed by atoms with Crippen molar-refractivity contribution < 1.29 is 92.0 Å². The molecule has 3 aliphatic rings. The van der Waals surface area contributed by atoms with Crippen molar-refractivity contribution in [3.63, 3.8) is 0 Å². The van der Waals surface area contributed by atoms with Gasteiger partial charge in [-0.2, -0.15) is 26.1 Å². The van der Waals surface area contributed by atoms with Crippen molar-refractivity contribution in [2.24, 2.45) is 4.99 Å². The summed E-state index contributed by atoms with van der Waals surface area (Å²) < 4.78 is 123. The molecule has 0 spiro atoms. The minimum absolute atomic E-state index is 0.00579. The molecular formula is C42H50N10O21P2S2. The van der Waals surface area contributed by atoms with Crippen LogP contribution in [0.25, 0.3) is 44.6 Å². The number of phosphoric acid groups is 2. The zero-order valence-corrected chi connectivity index (χ0v) is 43.9. The number of nitrogens with zero attached hydrogens (tertiary/aromatic N) is 5. The number of anilines is 2. The Kier molecular flexibility index (Phi) is 17.4. The number of ether oxygens (including phenoxy) is 2. The molecule has 4 aromatic rings. The number of benzene rings is 3. The van der Waals surface area contributed by atoms with Gasteiger partial charge in [-0.05, 0) is 56.2 Å². The lowest BCUT2D eigenvalue weighted by Gasteiger charge is -2.23. The number of imidazole rings is 1. The average Bonchev–Trinajstić information content (AvgIpc) is 3.91. The molecule has 416 valence electrons. The van der Waals surface area contributed by atoms with E-state index in [9.17, 15) is 64.2 Å². The summed E-state index contributed by atoms with van der Waals surface area (Å²) in [5.74, 6) is -1.98. The summed E-state index contributed by atoms with van der Waals surface area (Å²) in [5, 5.41) is 18.8. The highest BCUT2D eigenvalue weighted by molar-refractivity contribution is 7.86. The van der Waals surface area contributed by atoms with E-state index in [0.717, 1.165) is 10.9 Å². The quantitative estimate of drug-likeness (QED) is 0.0209. The molecule has 12 N–H and O–H groups in total. The number of H-pyrrole nitrogens is 1. The first-order valence-electron chi connectivity index (χ1n) is 22.8. The van der Waals surface area contributed by atoms with Crippen LogP contribution >= 0.6 is 15.6 Å². The van der Waals surface area contributed by atoms with Gasteiger partial charge in [0.1, 0.15) is 12.2 Å². The van der Waals surface area contributed by atoms with E-state index in [-0.39, 0.29) is 101 Å². The summed E-state index contributed by atoms with van der Waals surface area (Å²) >= 11 is 0. The molecule has 2 aromatic carbocycles. The third-order valence-electron chi connectivity index (χ3n) is 11.4. The van der Waals surface area contributed by atoms with Crippen molar-refractivity contribution in [3.05, 3.63) is 76.1 Å². The molecule has 2 aliphatic heterocycles. The van der Waals surface area contributed by atoms with Gasteiger partial charge in [0.25, 0.3) is 31.7 Å². The number of amides is 3. The Hall–Kier alpha value is -6.71. The number of aromatic amines is 1. The summed E-state index contributed by atoms with van der Waals surface area (Å²) in [7, 11) is -19.8. The second kappa shape index (κ2) is 23.1. The van der Waals surface area contributed by atoms with Crippen LogP contribution in [0.3, 0.4) is 0 Å². The van der Waals surface area contributed by atoms with Gasteiger partial charge in [-0.15, -0.1) is 0 Å². The SMILES string of the molecule is CCN=c1ccc2c(-c3ccccc3C(=O)N(C)CCCC(=O)NCCNC(=O)O[C@H]3[C@@H](O)[C@H](n4cnc5c(=O)[nH]c(N)nc54)O[C@@H]3COP(=O)(O)OP(=O)(O)O)c3ccc(NCC)c(S(=O)(=O)O)c3oc-2c1S(=O)(=O)O. The molecule has 35 heteroatoms. The van der Waals surface area contributed by atoms with Gasteiger partial charge in [-0.3, -0.25) is 42.6 Å². The maximum atomic E-state index is 14.3. The van der Waals surface area contributed by atoms with Crippen molar-refractivity contribution in [3.8, 4) is 22.5 Å². The largest absolute Gasteiger partial charge is 0.481 e. The first-order chi connectivity index (χ1) is 36.1. The number of nitrogens with one attached hydrogen (secondary N) is 4. The van der Waals surface area contributed by atoms with Crippen molar-refractivity contribution in [2.75, 3.05) is 57.4 Å². The van der Waals surface area contributed by atoms with Crippen LogP contribution in [0.5, 0.6) is 0 Å². The van der Waals surface area contributed by atoms with E-state index < -0.39 is 112 Å². The highest BCUT2D eigenvalue weighted by Crippen LogP contribution is 2.58. The monoisotopic (exact) mass is 1160 g/mol. The van der Waals surface area contributed by atoms with E-state index in [4.69, 9.17) is 29.4 Å². The fourth-order valence-electron chi connectivity index (χ4n) is 8.35. The number of carbonyl (C=O) groups is 3. The fraction of sp³-hybridized carbons (Fsp3) is 0.357. The van der Waals surface area contributed by atoms with Crippen molar-refractivity contribution >= 4 is 87.6 Å². The Morgan fingerprint density at radius 3 is 2.35 bits per heavy atom. The molecule has 31 nitrogen and oxygen atoms in total. The van der Waals surface area contributed by atoms with Crippen molar-refractivity contribution in [1.29, 1.82) is 0 Å². The normalized spacial score (nSPS) is 18.1. The third-order valence-corrected chi connectivity index (χ3v) is 15.4. The van der Waals surface area contributed by atoms with Crippen LogP contribution in [-0.2, 0) is 52.5 Å². The van der Waals surface area contributed by atoms with E-state index in [0.29, 0.717) is 0 Å². The molecular weight excluding hydrogens is 1110 g/mol. The number of aromatic nitrogens is 4. The zero-order valence-electron chi connectivity index (χ0n) is 40.5. The lowest BCUT2D eigenvalue weighted by molar-refractivity contribution is -0.121. The van der Waals surface area contributed by atoms with Gasteiger partial charge in [0.05, 0.1) is 24.0 Å². The number of hydrogen-bond acceptors (Lipinski definition) is 21. The Morgan fingerprint density at radius 1 is 0.974 bits per heavy atom. The first kappa shape index (κ1) is 58.0. The summed E-state index contributed by atoms with van der Waals surface area (Å²) in [4.78, 5) is 94.4. The van der Waals surface area contributed by atoms with Crippen LogP contribution in [0.1, 0.15) is 43.3 Å². The summed E-state index contributed by atoms with van der Waals surface area (Å²) in [6, 6.07) is 11.7. The standard InChI is InChI=1S/C42H50N10O21P2S2/c1-4-44-25-14-12-23-29(24-13-15-26(45-5-2)36(77(66,67)68)33(24)71-32(23)35(25)76(63,64)65)21-9-6-7-10-22(21)39(56)51(3)18-8-11-28(53)46-16-17-47-42(57)72-34-27(19-69-75(61,62)73-74(58,59)60)70-40(31(34)54)52-20-48-30-37(52)49-41(43)50-38(30)55/h6-7,9-10,12-15,20,27,31,34,40,44,54H,4-5,8,11,16-19H2,1-3H3,(H,46,53)(H,47,57)(H,61,62)(H2,58,59,60)(H,63,64,65)(H,66,67,68)(H3,43,49,50,55)/t27-,31-,34-,40-/m1/s1. The fourth-order valence-corrected chi connectivity index (χ4v) is 11.5. The molecule has 1 fully saturated rings. The summed E-state index contributed by atoms with van der Waals surface area (Å²) in [5.41, 5.74) is 4.17. The molecule has 0 saturated carbocycles. The number of aliphatic hydroxyl groups is 1. The lowest BCUT2D eigenvalue weighted by Crippen LogP contribution is -2.42. The number of hydrogen-bond donors (Lipinski definition) is 11. The molecule has 1 unspecified atom stereocenters. The maximum absolute atomic E-state index is 14.3. The molecule has 5 atom stereocenters. The van der Waals surface area contributed by atoms with Crippen molar-refractivity contribution in [2.45, 2.75) is 61.0 Å². The van der Waals surface area contributed by atoms with E-state index in [2.05, 4.69) is 44.7 Å². The molecule has 0 radical (unpaired) electrons. The second-order valence-electron chi connectivity index (χ2n) is 16.7. The zero-order chi connectivity index (χ0) is 56.4. The minimum atomic E-state index is -5.55. The Morgan fingerprint density at radius 2 is 1.68 bits per heavy atom. The van der Waals surface area contributed by atoms with Gasteiger partial charge in [-0.25, -0.2) is 18.9 Å². The number of nitrogens with two attached hydrogens (primary N) is 1. The first-order valence-corrected chi connectivity index (χ1v) is 28.7. The Labute approximate surface area is 435 Å². The molecule has 1 aliphatic carbocycles. The van der Waals surface area contributed by atoms with Gasteiger partial charge < -0.3 is 60.3 Å². The maximum Gasteiger partial charge on any atom is 0.481 e. The van der Waals surface area contributed by atoms with Gasteiger partial charge in [0.2, 0.25) is 11.9 Å². The Bertz CT molecular complexity index is 3700. The number of aliphatic hydroxyl groups excluding tert-OH is 1. The second-order valence-corrected chi connectivity index (χ2v) is 22.3. The minimum Gasteiger partial charge on any atom is -0.453 e. The van der Waals surface area contributed by atoms with Crippen LogP contribution in [-0.4, -0.2) is 153 Å². The number of carbonyl (C=O) groups excluding carboxylic acids is 3. The van der Waals surface area contributed by atoms with Crippen LogP contribution in [0.15, 0.2) is 78.9 Å². The molecule has 0 bridgehead atoms. The third kappa shape index (κ3) is 13.2. The van der Waals surface area contributed by atoms with Gasteiger partial charge in [0.15, 0.2) is 44.6 Å². The number of rotatable bonds is 21. The number of nitrogen functional groups attached to an aromatic ring is 1. The van der Waals surface area contributed by atoms with Gasteiger partial charge >= 0.3 is 21.7 Å². The molecule has 2 aromatic heterocycles. The van der Waals surface area contributed by atoms with Gasteiger partial charge in [0, 0.05) is 68.3 Å². The topological polar surface area (TPSA) is 466 Å². The van der Waals surface area contributed by atoms with E-state index in [1.54, 1.807) is 26.0 Å². The van der Waals surface area contributed by atoms with Crippen LogP contribution in [0.2, 0.25) is 0 Å². The Balaban J connectivity index is 1.02. The predicted octanol–water partition coefficient (Wildman–Crippen LogP) is 1.31. The van der Waals surface area contributed by atoms with E-state index in [1.165, 1.54) is 48.3 Å². The molecule has 77 heavy (non-hydrogen) atoms. The van der Waals surface area contributed by atoms with E-state index >= 15 is 0 Å². The average molecular weight is 1160 g/mol. The predicted molar refractivity (Wildman–Crippen MR) is 267 cm³/mol. The van der Waals surface area contributed by atoms with Crippen molar-refractivity contribution in [1.82, 2.24) is 35.1 Å². The highest BCUT2D eigenvalue weighted by Gasteiger charge is 2.49. The number of fused-ring (bicyclic) bond motifs is 3. The van der Waals surface area contributed by atoms with E-state index in [1.807, 2.05) is 0 Å². The van der Waals surface area contributed by atoms with Crippen LogP contribution in [0.4, 0.5) is 16.4 Å². The summed E-state index contributed by atoms with van der Waals surface area (Å²) in [6.07, 6.45) is -7.06. The molecule has 4 heterocycles. The smallest absolute Gasteiger partial charge is 0.453 e. The molecule has 3 amide bonds. The highest BCUT2D eigenvalue weighted by atomic mass is 32.2. The van der Waals surface area contributed by atoms with Crippen LogP contribution < -0.4 is 32.6 Å². The lowest BCUT2D eigenvalue weighted by atomic mass is 9.90. The summed E-state index contributed by atoms with van der Waals surface area (Å²) in [6.45, 7) is 2.00.